The Kier molecular flexibility index (Phi) is 5.74. The van der Waals surface area contributed by atoms with Crippen molar-refractivity contribution >= 4 is 11.9 Å². The van der Waals surface area contributed by atoms with Crippen LogP contribution < -0.4 is 0 Å². The Hall–Kier alpha value is -1.14. The zero-order valence-corrected chi connectivity index (χ0v) is 16.2. The standard InChI is InChI=1S/C21H32O6/c22-18(17-11-5-2-6-12-17)24-27-25-19(23)21-14-8-7-13-20(21,26-21)15-16-9-3-1-4-10-16/h16-17H,1-15H2. The van der Waals surface area contributed by atoms with E-state index in [0.717, 1.165) is 57.8 Å². The summed E-state index contributed by atoms with van der Waals surface area (Å²) in [7, 11) is 0. The molecule has 4 rings (SSSR count). The maximum Gasteiger partial charge on any atom is 0.381 e. The lowest BCUT2D eigenvalue weighted by Gasteiger charge is -2.28. The normalized spacial score (nSPS) is 34.5. The molecule has 2 atom stereocenters. The van der Waals surface area contributed by atoms with Crippen molar-refractivity contribution in [1.82, 2.24) is 0 Å². The first kappa shape index (κ1) is 19.2. The fourth-order valence-electron chi connectivity index (χ4n) is 5.68. The summed E-state index contributed by atoms with van der Waals surface area (Å²) in [6, 6.07) is 0. The van der Waals surface area contributed by atoms with Crippen LogP contribution in [-0.4, -0.2) is 23.1 Å². The highest BCUT2D eigenvalue weighted by Crippen LogP contribution is 2.61. The van der Waals surface area contributed by atoms with E-state index in [9.17, 15) is 9.59 Å². The van der Waals surface area contributed by atoms with E-state index in [2.05, 4.69) is 5.04 Å². The monoisotopic (exact) mass is 380 g/mol. The highest BCUT2D eigenvalue weighted by atomic mass is 17.5. The summed E-state index contributed by atoms with van der Waals surface area (Å²) in [5.74, 6) is -0.479. The van der Waals surface area contributed by atoms with Crippen molar-refractivity contribution in [2.24, 2.45) is 11.8 Å². The van der Waals surface area contributed by atoms with Crippen molar-refractivity contribution in [1.29, 1.82) is 0 Å². The van der Waals surface area contributed by atoms with Gasteiger partial charge in [-0.25, -0.2) is 9.59 Å². The lowest BCUT2D eigenvalue weighted by atomic mass is 9.72. The van der Waals surface area contributed by atoms with Crippen LogP contribution >= 0.6 is 0 Å². The van der Waals surface area contributed by atoms with E-state index in [1.54, 1.807) is 0 Å². The van der Waals surface area contributed by atoms with Gasteiger partial charge in [0.1, 0.15) is 5.60 Å². The SMILES string of the molecule is O=C(OOOC(=O)C12CCCCC1(CC1CCCCC1)O2)C1CCCCC1. The summed E-state index contributed by atoms with van der Waals surface area (Å²) in [5, 5.41) is 4.61. The summed E-state index contributed by atoms with van der Waals surface area (Å²) in [6.07, 6.45) is 15.7. The molecular weight excluding hydrogens is 348 g/mol. The van der Waals surface area contributed by atoms with E-state index < -0.39 is 17.5 Å². The molecule has 0 radical (unpaired) electrons. The Morgan fingerprint density at radius 1 is 0.815 bits per heavy atom. The molecule has 4 fully saturated rings. The van der Waals surface area contributed by atoms with Crippen LogP contribution in [0.4, 0.5) is 0 Å². The second-order valence-corrected chi connectivity index (χ2v) is 9.01. The lowest BCUT2D eigenvalue weighted by Crippen LogP contribution is -2.40. The van der Waals surface area contributed by atoms with Gasteiger partial charge in [-0.15, -0.1) is 0 Å². The minimum atomic E-state index is -0.889. The van der Waals surface area contributed by atoms with Gasteiger partial charge >= 0.3 is 11.9 Å². The second kappa shape index (κ2) is 8.08. The molecule has 0 bridgehead atoms. The molecule has 1 saturated heterocycles. The number of hydrogen-bond donors (Lipinski definition) is 0. The number of ether oxygens (including phenoxy) is 1. The molecule has 6 heteroatoms. The van der Waals surface area contributed by atoms with E-state index in [1.165, 1.54) is 32.1 Å². The first-order valence-electron chi connectivity index (χ1n) is 10.9. The largest absolute Gasteiger partial charge is 0.381 e. The third-order valence-corrected chi connectivity index (χ3v) is 7.26. The Bertz CT molecular complexity index is 551. The van der Waals surface area contributed by atoms with E-state index in [-0.39, 0.29) is 11.5 Å². The Balaban J connectivity index is 1.28. The van der Waals surface area contributed by atoms with Crippen LogP contribution in [0, 0.1) is 11.8 Å². The molecule has 3 aliphatic carbocycles. The summed E-state index contributed by atoms with van der Waals surface area (Å²) in [6.45, 7) is 0. The third kappa shape index (κ3) is 3.88. The number of carbonyl (C=O) groups excluding carboxylic acids is 2. The average Bonchev–Trinajstić information content (AvgIpc) is 3.39. The van der Waals surface area contributed by atoms with Gasteiger partial charge in [-0.3, -0.25) is 9.78 Å². The summed E-state index contributed by atoms with van der Waals surface area (Å²) >= 11 is 0. The topological polar surface area (TPSA) is 74.4 Å². The molecule has 3 saturated carbocycles. The molecule has 6 nitrogen and oxygen atoms in total. The van der Waals surface area contributed by atoms with Crippen molar-refractivity contribution in [3.8, 4) is 0 Å². The Morgan fingerprint density at radius 3 is 2.22 bits per heavy atom. The lowest BCUT2D eigenvalue weighted by molar-refractivity contribution is -0.462. The molecule has 1 aliphatic heterocycles. The van der Waals surface area contributed by atoms with Crippen molar-refractivity contribution in [2.75, 3.05) is 0 Å². The van der Waals surface area contributed by atoms with Crippen molar-refractivity contribution in [3.05, 3.63) is 0 Å². The second-order valence-electron chi connectivity index (χ2n) is 9.01. The van der Waals surface area contributed by atoms with Gasteiger partial charge in [0, 0.05) is 5.04 Å². The van der Waals surface area contributed by atoms with Gasteiger partial charge < -0.3 is 4.74 Å². The molecule has 1 heterocycles. The Labute approximate surface area is 161 Å². The van der Waals surface area contributed by atoms with Crippen LogP contribution in [0.2, 0.25) is 0 Å². The van der Waals surface area contributed by atoms with Crippen molar-refractivity contribution in [3.63, 3.8) is 0 Å². The molecule has 0 spiro atoms. The molecule has 0 N–H and O–H groups in total. The summed E-state index contributed by atoms with van der Waals surface area (Å²) in [5.41, 5.74) is -1.28. The molecule has 0 aromatic heterocycles. The Morgan fingerprint density at radius 2 is 1.48 bits per heavy atom. The van der Waals surface area contributed by atoms with Gasteiger partial charge in [0.25, 0.3) is 0 Å². The van der Waals surface area contributed by atoms with Crippen LogP contribution in [0.25, 0.3) is 0 Å². The zero-order valence-electron chi connectivity index (χ0n) is 16.2. The van der Waals surface area contributed by atoms with E-state index in [1.807, 2.05) is 0 Å². The van der Waals surface area contributed by atoms with Crippen LogP contribution in [0.1, 0.15) is 96.3 Å². The van der Waals surface area contributed by atoms with E-state index >= 15 is 0 Å². The zero-order chi connectivity index (χ0) is 18.7. The highest BCUT2D eigenvalue weighted by Gasteiger charge is 2.76. The van der Waals surface area contributed by atoms with Crippen LogP contribution in [0.3, 0.4) is 0 Å². The molecule has 0 aromatic carbocycles. The predicted octanol–water partition coefficient (Wildman–Crippen LogP) is 4.55. The molecular formula is C21H32O6. The number of carbonyl (C=O) groups is 2. The first-order valence-corrected chi connectivity index (χ1v) is 10.9. The maximum absolute atomic E-state index is 12.7. The molecule has 0 aromatic rings. The predicted molar refractivity (Wildman–Crippen MR) is 96.1 cm³/mol. The smallest absolute Gasteiger partial charge is 0.350 e. The van der Waals surface area contributed by atoms with Crippen LogP contribution in [0.15, 0.2) is 0 Å². The first-order chi connectivity index (χ1) is 13.2. The van der Waals surface area contributed by atoms with Gasteiger partial charge in [-0.2, -0.15) is 0 Å². The van der Waals surface area contributed by atoms with Gasteiger partial charge in [0.15, 0.2) is 5.60 Å². The molecule has 0 amide bonds. The van der Waals surface area contributed by atoms with Crippen LogP contribution in [0.5, 0.6) is 0 Å². The van der Waals surface area contributed by atoms with Gasteiger partial charge in [-0.05, 0) is 44.4 Å². The number of epoxide rings is 1. The highest BCUT2D eigenvalue weighted by molar-refractivity contribution is 5.84. The van der Waals surface area contributed by atoms with Crippen LogP contribution in [-0.2, 0) is 29.1 Å². The average molecular weight is 380 g/mol. The van der Waals surface area contributed by atoms with E-state index in [0.29, 0.717) is 12.3 Å². The fourth-order valence-corrected chi connectivity index (χ4v) is 5.68. The van der Waals surface area contributed by atoms with Crippen molar-refractivity contribution < 1.29 is 29.1 Å². The molecule has 27 heavy (non-hydrogen) atoms. The minimum Gasteiger partial charge on any atom is -0.350 e. The molecule has 152 valence electrons. The minimum absolute atomic E-state index is 0.145. The maximum atomic E-state index is 12.7. The van der Waals surface area contributed by atoms with Gasteiger partial charge in [-0.1, -0.05) is 57.8 Å². The van der Waals surface area contributed by atoms with Gasteiger partial charge in [0.05, 0.1) is 5.92 Å². The number of fused-ring (bicyclic) bond motifs is 1. The summed E-state index contributed by atoms with van der Waals surface area (Å²) in [4.78, 5) is 34.4. The van der Waals surface area contributed by atoms with Crippen molar-refractivity contribution in [2.45, 2.75) is 108 Å². The number of rotatable bonds is 6. The molecule has 4 aliphatic rings. The number of hydrogen-bond acceptors (Lipinski definition) is 6. The molecule has 2 unspecified atom stereocenters. The fraction of sp³-hybridized carbons (Fsp3) is 0.905. The van der Waals surface area contributed by atoms with Gasteiger partial charge in [0.2, 0.25) is 0 Å². The van der Waals surface area contributed by atoms with E-state index in [4.69, 9.17) is 14.5 Å². The summed E-state index contributed by atoms with van der Waals surface area (Å²) < 4.78 is 6.10. The quantitative estimate of drug-likeness (QED) is 0.382. The third-order valence-electron chi connectivity index (χ3n) is 7.26.